The molecule has 7 nitrogen and oxygen atoms in total. The second kappa shape index (κ2) is 7.31. The predicted molar refractivity (Wildman–Crippen MR) is 110 cm³/mol. The molecule has 0 saturated carbocycles. The van der Waals surface area contributed by atoms with E-state index >= 15 is 0 Å². The van der Waals surface area contributed by atoms with Gasteiger partial charge in [-0.3, -0.25) is 9.58 Å². The Bertz CT molecular complexity index is 1000. The van der Waals surface area contributed by atoms with Crippen LogP contribution in [0.5, 0.6) is 5.75 Å². The van der Waals surface area contributed by atoms with E-state index in [0.717, 1.165) is 56.0 Å². The van der Waals surface area contributed by atoms with Gasteiger partial charge < -0.3 is 14.0 Å². The summed E-state index contributed by atoms with van der Waals surface area (Å²) in [6.45, 7) is 4.33. The quantitative estimate of drug-likeness (QED) is 0.667. The van der Waals surface area contributed by atoms with Gasteiger partial charge in [-0.1, -0.05) is 12.1 Å². The maximum Gasteiger partial charge on any atom is 0.153 e. The fourth-order valence-corrected chi connectivity index (χ4v) is 4.65. The lowest BCUT2D eigenvalue weighted by Gasteiger charge is -2.44. The molecule has 152 valence electrons. The Kier molecular flexibility index (Phi) is 4.64. The summed E-state index contributed by atoms with van der Waals surface area (Å²) in [7, 11) is 3.70. The van der Waals surface area contributed by atoms with E-state index in [1.54, 1.807) is 7.11 Å². The van der Waals surface area contributed by atoms with E-state index in [4.69, 9.17) is 14.5 Å². The predicted octanol–water partition coefficient (Wildman–Crippen LogP) is 2.81. The molecule has 0 N–H and O–H groups in total. The number of aryl methyl sites for hydroxylation is 1. The standard InChI is InChI=1S/C22H27N5O2/c1-25-14-17(13-24-25)15-26-9-7-22(8-10-26)21-20(23-16-27(21)11-12-28-2)18-5-3-4-6-19(18)29-22/h3-6,13-14,16H,7-12,15H2,1-2H3. The molecule has 1 spiro atoms. The number of rotatable bonds is 5. The van der Waals surface area contributed by atoms with Gasteiger partial charge in [-0.05, 0) is 12.1 Å². The Hall–Kier alpha value is -2.64. The molecule has 0 atom stereocenters. The SMILES string of the molecule is COCCn1cnc2c1C1(CCN(Cc3cnn(C)c3)CC1)Oc1ccccc1-2. The first kappa shape index (κ1) is 18.4. The molecule has 0 aliphatic carbocycles. The molecule has 0 radical (unpaired) electrons. The number of hydrogen-bond acceptors (Lipinski definition) is 5. The number of para-hydroxylation sites is 1. The largest absolute Gasteiger partial charge is 0.480 e. The number of ether oxygens (including phenoxy) is 2. The van der Waals surface area contributed by atoms with Gasteiger partial charge in [0.2, 0.25) is 0 Å². The van der Waals surface area contributed by atoms with E-state index in [2.05, 4.69) is 39.0 Å². The highest BCUT2D eigenvalue weighted by Gasteiger charge is 2.46. The van der Waals surface area contributed by atoms with Crippen molar-refractivity contribution in [2.75, 3.05) is 26.8 Å². The topological polar surface area (TPSA) is 57.3 Å². The molecule has 1 saturated heterocycles. The number of fused-ring (bicyclic) bond motifs is 4. The van der Waals surface area contributed by atoms with E-state index in [1.807, 2.05) is 30.3 Å². The smallest absolute Gasteiger partial charge is 0.153 e. The van der Waals surface area contributed by atoms with Gasteiger partial charge in [-0.15, -0.1) is 0 Å². The van der Waals surface area contributed by atoms with Crippen LogP contribution in [0, 0.1) is 0 Å². The molecule has 2 aliphatic heterocycles. The normalized spacial score (nSPS) is 17.7. The van der Waals surface area contributed by atoms with Crippen molar-refractivity contribution in [3.63, 3.8) is 0 Å². The fraction of sp³-hybridized carbons (Fsp3) is 0.455. The number of hydrogen-bond donors (Lipinski definition) is 0. The minimum absolute atomic E-state index is 0.334. The van der Waals surface area contributed by atoms with Crippen molar-refractivity contribution in [3.05, 3.63) is 54.2 Å². The van der Waals surface area contributed by atoms with Crippen LogP contribution >= 0.6 is 0 Å². The molecule has 0 unspecified atom stereocenters. The Morgan fingerprint density at radius 2 is 2.03 bits per heavy atom. The van der Waals surface area contributed by atoms with Crippen molar-refractivity contribution in [3.8, 4) is 17.0 Å². The lowest BCUT2D eigenvalue weighted by atomic mass is 9.83. The molecule has 3 aromatic rings. The van der Waals surface area contributed by atoms with Crippen LogP contribution in [0.2, 0.25) is 0 Å². The first-order chi connectivity index (χ1) is 14.2. The van der Waals surface area contributed by atoms with Crippen molar-refractivity contribution in [1.29, 1.82) is 0 Å². The summed E-state index contributed by atoms with van der Waals surface area (Å²) in [4.78, 5) is 7.28. The van der Waals surface area contributed by atoms with Gasteiger partial charge in [0, 0.05) is 70.5 Å². The third-order valence-electron chi connectivity index (χ3n) is 6.08. The van der Waals surface area contributed by atoms with Crippen LogP contribution in [-0.2, 0) is 30.5 Å². The van der Waals surface area contributed by atoms with Gasteiger partial charge in [0.25, 0.3) is 0 Å². The zero-order valence-electron chi connectivity index (χ0n) is 17.0. The molecule has 0 bridgehead atoms. The summed E-state index contributed by atoms with van der Waals surface area (Å²) >= 11 is 0. The minimum atomic E-state index is -0.334. The molecule has 5 rings (SSSR count). The van der Waals surface area contributed by atoms with Crippen LogP contribution in [0.1, 0.15) is 24.1 Å². The molecule has 1 fully saturated rings. The van der Waals surface area contributed by atoms with Gasteiger partial charge in [0.05, 0.1) is 30.5 Å². The van der Waals surface area contributed by atoms with Crippen LogP contribution in [0.25, 0.3) is 11.3 Å². The lowest BCUT2D eigenvalue weighted by molar-refractivity contribution is -0.0135. The van der Waals surface area contributed by atoms with Crippen LogP contribution in [0.15, 0.2) is 43.0 Å². The average Bonchev–Trinajstić information content (AvgIpc) is 3.35. The van der Waals surface area contributed by atoms with E-state index in [1.165, 1.54) is 11.3 Å². The van der Waals surface area contributed by atoms with Gasteiger partial charge in [0.1, 0.15) is 5.75 Å². The zero-order chi connectivity index (χ0) is 19.8. The molecule has 1 aromatic carbocycles. The van der Waals surface area contributed by atoms with Gasteiger partial charge in [0.15, 0.2) is 5.60 Å². The summed E-state index contributed by atoms with van der Waals surface area (Å²) in [5, 5.41) is 4.30. The first-order valence-corrected chi connectivity index (χ1v) is 10.2. The highest BCUT2D eigenvalue weighted by atomic mass is 16.5. The van der Waals surface area contributed by atoms with Crippen LogP contribution in [-0.4, -0.2) is 51.0 Å². The second-order valence-electron chi connectivity index (χ2n) is 8.02. The number of benzene rings is 1. The van der Waals surface area contributed by atoms with Crippen LogP contribution < -0.4 is 4.74 Å². The number of piperidine rings is 1. The summed E-state index contributed by atoms with van der Waals surface area (Å²) in [6.07, 6.45) is 7.87. The molecular weight excluding hydrogens is 366 g/mol. The van der Waals surface area contributed by atoms with Gasteiger partial charge >= 0.3 is 0 Å². The second-order valence-corrected chi connectivity index (χ2v) is 8.02. The zero-order valence-corrected chi connectivity index (χ0v) is 17.0. The minimum Gasteiger partial charge on any atom is -0.480 e. The highest BCUT2D eigenvalue weighted by Crippen LogP contribution is 2.49. The lowest BCUT2D eigenvalue weighted by Crippen LogP contribution is -2.48. The van der Waals surface area contributed by atoms with E-state index < -0.39 is 0 Å². The van der Waals surface area contributed by atoms with E-state index in [9.17, 15) is 0 Å². The van der Waals surface area contributed by atoms with Crippen molar-refractivity contribution >= 4 is 0 Å². The molecule has 29 heavy (non-hydrogen) atoms. The van der Waals surface area contributed by atoms with Crippen molar-refractivity contribution < 1.29 is 9.47 Å². The number of methoxy groups -OCH3 is 1. The Balaban J connectivity index is 1.44. The summed E-state index contributed by atoms with van der Waals surface area (Å²) in [5.41, 5.74) is 4.27. The van der Waals surface area contributed by atoms with Crippen LogP contribution in [0.4, 0.5) is 0 Å². The fourth-order valence-electron chi connectivity index (χ4n) is 4.65. The average molecular weight is 393 g/mol. The first-order valence-electron chi connectivity index (χ1n) is 10.2. The molecule has 7 heteroatoms. The number of nitrogens with zero attached hydrogens (tertiary/aromatic N) is 5. The molecule has 2 aliphatic rings. The monoisotopic (exact) mass is 393 g/mol. The number of aromatic nitrogens is 4. The van der Waals surface area contributed by atoms with Crippen molar-refractivity contribution in [2.24, 2.45) is 7.05 Å². The number of imidazole rings is 1. The number of likely N-dealkylation sites (tertiary alicyclic amines) is 1. The van der Waals surface area contributed by atoms with E-state index in [-0.39, 0.29) is 5.60 Å². The summed E-state index contributed by atoms with van der Waals surface area (Å²) in [5.74, 6) is 0.942. The highest BCUT2D eigenvalue weighted by molar-refractivity contribution is 5.72. The summed E-state index contributed by atoms with van der Waals surface area (Å²) < 4.78 is 16.1. The van der Waals surface area contributed by atoms with Crippen LogP contribution in [0.3, 0.4) is 0 Å². The molecule has 0 amide bonds. The van der Waals surface area contributed by atoms with Gasteiger partial charge in [-0.2, -0.15) is 5.10 Å². The Morgan fingerprint density at radius 1 is 1.21 bits per heavy atom. The Labute approximate surface area is 170 Å². The van der Waals surface area contributed by atoms with Gasteiger partial charge in [-0.25, -0.2) is 4.98 Å². The molecular formula is C22H27N5O2. The maximum atomic E-state index is 6.72. The Morgan fingerprint density at radius 3 is 2.79 bits per heavy atom. The van der Waals surface area contributed by atoms with Crippen molar-refractivity contribution in [1.82, 2.24) is 24.2 Å². The summed E-state index contributed by atoms with van der Waals surface area (Å²) in [6, 6.07) is 8.26. The third kappa shape index (κ3) is 3.24. The van der Waals surface area contributed by atoms with E-state index in [0.29, 0.717) is 6.61 Å². The molecule has 2 aromatic heterocycles. The maximum absolute atomic E-state index is 6.72. The van der Waals surface area contributed by atoms with Crippen molar-refractivity contribution in [2.45, 2.75) is 31.5 Å². The third-order valence-corrected chi connectivity index (χ3v) is 6.08. The molecule has 4 heterocycles.